The summed E-state index contributed by atoms with van der Waals surface area (Å²) < 4.78 is 5.66. The normalized spacial score (nSPS) is 14.0. The molecule has 3 rings (SSSR count). The van der Waals surface area contributed by atoms with Crippen molar-refractivity contribution in [1.29, 1.82) is 0 Å². The number of fused-ring (bicyclic) bond motifs is 1. The fourth-order valence-corrected chi connectivity index (χ4v) is 2.41. The first-order valence-corrected chi connectivity index (χ1v) is 6.73. The predicted octanol–water partition coefficient (Wildman–Crippen LogP) is 3.41. The minimum absolute atomic E-state index is 0.209. The van der Waals surface area contributed by atoms with Crippen LogP contribution in [-0.2, 0) is 16.6 Å². The Morgan fingerprint density at radius 1 is 1.14 bits per heavy atom. The summed E-state index contributed by atoms with van der Waals surface area (Å²) in [7, 11) is 0. The van der Waals surface area contributed by atoms with Gasteiger partial charge in [-0.3, -0.25) is 4.79 Å². The standard InChI is InChI=1S/C17H15NO3/c1-17(16(19)20,12-7-3-2-4-8-12)11-15-18-13-9-5-6-10-14(13)21-15/h2-10H,11H2,1H3,(H,19,20). The first-order chi connectivity index (χ1) is 10.1. The second-order valence-corrected chi connectivity index (χ2v) is 5.26. The lowest BCUT2D eigenvalue weighted by Crippen LogP contribution is -2.34. The van der Waals surface area contributed by atoms with Gasteiger partial charge < -0.3 is 9.52 Å². The van der Waals surface area contributed by atoms with Gasteiger partial charge in [-0.2, -0.15) is 0 Å². The van der Waals surface area contributed by atoms with Crippen LogP contribution in [0, 0.1) is 0 Å². The van der Waals surface area contributed by atoms with Crippen molar-refractivity contribution in [1.82, 2.24) is 4.98 Å². The summed E-state index contributed by atoms with van der Waals surface area (Å²) in [4.78, 5) is 16.1. The molecule has 0 spiro atoms. The van der Waals surface area contributed by atoms with Crippen molar-refractivity contribution in [3.63, 3.8) is 0 Å². The van der Waals surface area contributed by atoms with Crippen LogP contribution in [0.4, 0.5) is 0 Å². The highest BCUT2D eigenvalue weighted by atomic mass is 16.4. The van der Waals surface area contributed by atoms with E-state index in [4.69, 9.17) is 4.42 Å². The molecule has 4 heteroatoms. The van der Waals surface area contributed by atoms with Gasteiger partial charge in [-0.25, -0.2) is 4.98 Å². The van der Waals surface area contributed by atoms with Gasteiger partial charge in [0.05, 0.1) is 5.41 Å². The molecule has 2 aromatic carbocycles. The molecule has 0 bridgehead atoms. The summed E-state index contributed by atoms with van der Waals surface area (Å²) in [6.07, 6.45) is 0.209. The Morgan fingerprint density at radius 2 is 1.81 bits per heavy atom. The maximum absolute atomic E-state index is 11.8. The van der Waals surface area contributed by atoms with Crippen LogP contribution >= 0.6 is 0 Å². The molecule has 1 unspecified atom stereocenters. The van der Waals surface area contributed by atoms with E-state index in [0.29, 0.717) is 11.5 Å². The summed E-state index contributed by atoms with van der Waals surface area (Å²) >= 11 is 0. The second kappa shape index (κ2) is 5.05. The van der Waals surface area contributed by atoms with Gasteiger partial charge in [-0.15, -0.1) is 0 Å². The van der Waals surface area contributed by atoms with Gasteiger partial charge in [-0.05, 0) is 24.6 Å². The summed E-state index contributed by atoms with van der Waals surface area (Å²) in [5, 5.41) is 9.65. The molecular weight excluding hydrogens is 266 g/mol. The Bertz CT molecular complexity index is 746. The van der Waals surface area contributed by atoms with Crippen molar-refractivity contribution in [3.05, 3.63) is 66.1 Å². The van der Waals surface area contributed by atoms with Gasteiger partial charge >= 0.3 is 5.97 Å². The molecule has 1 N–H and O–H groups in total. The van der Waals surface area contributed by atoms with Crippen LogP contribution in [0.15, 0.2) is 59.0 Å². The fourth-order valence-electron chi connectivity index (χ4n) is 2.41. The molecule has 0 aliphatic heterocycles. The number of aliphatic carboxylic acids is 1. The average Bonchev–Trinajstić information content (AvgIpc) is 2.89. The van der Waals surface area contributed by atoms with Crippen LogP contribution in [0.3, 0.4) is 0 Å². The van der Waals surface area contributed by atoms with E-state index in [1.165, 1.54) is 0 Å². The first-order valence-electron chi connectivity index (χ1n) is 6.73. The van der Waals surface area contributed by atoms with E-state index in [0.717, 1.165) is 11.1 Å². The summed E-state index contributed by atoms with van der Waals surface area (Å²) in [6.45, 7) is 1.69. The van der Waals surface area contributed by atoms with Crippen LogP contribution in [0.1, 0.15) is 18.4 Å². The fraction of sp³-hybridized carbons (Fsp3) is 0.176. The maximum Gasteiger partial charge on any atom is 0.314 e. The van der Waals surface area contributed by atoms with Crippen LogP contribution in [-0.4, -0.2) is 16.1 Å². The van der Waals surface area contributed by atoms with Gasteiger partial charge in [0, 0.05) is 6.42 Å². The van der Waals surface area contributed by atoms with Crippen molar-refractivity contribution < 1.29 is 14.3 Å². The minimum atomic E-state index is -1.07. The second-order valence-electron chi connectivity index (χ2n) is 5.26. The van der Waals surface area contributed by atoms with E-state index >= 15 is 0 Å². The van der Waals surface area contributed by atoms with E-state index < -0.39 is 11.4 Å². The van der Waals surface area contributed by atoms with Gasteiger partial charge in [0.25, 0.3) is 0 Å². The first kappa shape index (κ1) is 13.4. The quantitative estimate of drug-likeness (QED) is 0.796. The number of rotatable bonds is 4. The molecule has 3 aromatic rings. The van der Waals surface area contributed by atoms with Gasteiger partial charge in [-0.1, -0.05) is 42.5 Å². The number of hydrogen-bond donors (Lipinski definition) is 1. The Hall–Kier alpha value is -2.62. The predicted molar refractivity (Wildman–Crippen MR) is 79.1 cm³/mol. The van der Waals surface area contributed by atoms with Gasteiger partial charge in [0.15, 0.2) is 11.5 Å². The highest BCUT2D eigenvalue weighted by Gasteiger charge is 2.37. The number of aromatic nitrogens is 1. The highest BCUT2D eigenvalue weighted by Crippen LogP contribution is 2.29. The van der Waals surface area contributed by atoms with Crippen molar-refractivity contribution in [2.75, 3.05) is 0 Å². The van der Waals surface area contributed by atoms with Crippen LogP contribution in [0.2, 0.25) is 0 Å². The average molecular weight is 281 g/mol. The van der Waals surface area contributed by atoms with Crippen molar-refractivity contribution >= 4 is 17.1 Å². The third kappa shape index (κ3) is 2.40. The number of benzene rings is 2. The molecule has 21 heavy (non-hydrogen) atoms. The van der Waals surface area contributed by atoms with Gasteiger partial charge in [0.1, 0.15) is 5.52 Å². The highest BCUT2D eigenvalue weighted by molar-refractivity contribution is 5.81. The lowest BCUT2D eigenvalue weighted by Gasteiger charge is -2.23. The molecule has 1 atom stereocenters. The number of carboxylic acid groups (broad SMARTS) is 1. The van der Waals surface area contributed by atoms with Crippen LogP contribution < -0.4 is 0 Å². The lowest BCUT2D eigenvalue weighted by atomic mass is 9.79. The number of carbonyl (C=O) groups is 1. The Balaban J connectivity index is 2.01. The van der Waals surface area contributed by atoms with E-state index in [1.807, 2.05) is 54.6 Å². The molecule has 106 valence electrons. The third-order valence-corrected chi connectivity index (χ3v) is 3.73. The topological polar surface area (TPSA) is 63.3 Å². The number of oxazole rings is 1. The zero-order valence-corrected chi connectivity index (χ0v) is 11.6. The Labute approximate surface area is 122 Å². The Kier molecular flexibility index (Phi) is 3.22. The summed E-state index contributed by atoms with van der Waals surface area (Å²) in [6, 6.07) is 16.6. The monoisotopic (exact) mass is 281 g/mol. The van der Waals surface area contributed by atoms with E-state index in [9.17, 15) is 9.90 Å². The third-order valence-electron chi connectivity index (χ3n) is 3.73. The molecule has 0 aliphatic rings. The van der Waals surface area contributed by atoms with E-state index in [2.05, 4.69) is 4.98 Å². The molecule has 0 aliphatic carbocycles. The number of hydrogen-bond acceptors (Lipinski definition) is 3. The number of nitrogens with zero attached hydrogens (tertiary/aromatic N) is 1. The maximum atomic E-state index is 11.8. The van der Waals surface area contributed by atoms with Crippen molar-refractivity contribution in [2.45, 2.75) is 18.8 Å². The Morgan fingerprint density at radius 3 is 2.48 bits per heavy atom. The lowest BCUT2D eigenvalue weighted by molar-refractivity contribution is -0.143. The zero-order valence-electron chi connectivity index (χ0n) is 11.6. The molecule has 1 aromatic heterocycles. The molecule has 0 amide bonds. The largest absolute Gasteiger partial charge is 0.481 e. The van der Waals surface area contributed by atoms with Crippen LogP contribution in [0.25, 0.3) is 11.1 Å². The zero-order chi connectivity index (χ0) is 14.9. The SMILES string of the molecule is CC(Cc1nc2ccccc2o1)(C(=O)O)c1ccccc1. The molecule has 1 heterocycles. The van der Waals surface area contributed by atoms with Crippen molar-refractivity contribution in [2.24, 2.45) is 0 Å². The van der Waals surface area contributed by atoms with E-state index in [1.54, 1.807) is 6.92 Å². The molecule has 4 nitrogen and oxygen atoms in total. The molecule has 0 radical (unpaired) electrons. The summed E-state index contributed by atoms with van der Waals surface area (Å²) in [5.74, 6) is -0.457. The molecule has 0 saturated heterocycles. The minimum Gasteiger partial charge on any atom is -0.481 e. The molecule has 0 fully saturated rings. The number of para-hydroxylation sites is 2. The smallest absolute Gasteiger partial charge is 0.314 e. The molecular formula is C17H15NO3. The van der Waals surface area contributed by atoms with E-state index in [-0.39, 0.29) is 6.42 Å². The van der Waals surface area contributed by atoms with Gasteiger partial charge in [0.2, 0.25) is 0 Å². The summed E-state index contributed by atoms with van der Waals surface area (Å²) in [5.41, 5.74) is 1.09. The van der Waals surface area contributed by atoms with Crippen LogP contribution in [0.5, 0.6) is 0 Å². The van der Waals surface area contributed by atoms with Crippen molar-refractivity contribution in [3.8, 4) is 0 Å². The molecule has 0 saturated carbocycles. The number of carboxylic acids is 1.